The Labute approximate surface area is 338 Å². The molecule has 0 spiro atoms. The Morgan fingerprint density at radius 1 is 0.679 bits per heavy atom. The second-order valence-electron chi connectivity index (χ2n) is 19.2. The number of rotatable bonds is 3. The van der Waals surface area contributed by atoms with Crippen LogP contribution in [0.15, 0.2) is 132 Å². The van der Waals surface area contributed by atoms with Gasteiger partial charge < -0.3 is 14.7 Å². The van der Waals surface area contributed by atoms with Crippen LogP contribution in [-0.4, -0.2) is 23.2 Å². The van der Waals surface area contributed by atoms with Crippen LogP contribution in [0.25, 0.3) is 11.1 Å². The lowest BCUT2D eigenvalue weighted by molar-refractivity contribution is 0.244. The van der Waals surface area contributed by atoms with Crippen molar-refractivity contribution in [3.8, 4) is 11.1 Å². The van der Waals surface area contributed by atoms with Gasteiger partial charge in [-0.3, -0.25) is 0 Å². The molecule has 6 aliphatic rings. The van der Waals surface area contributed by atoms with Gasteiger partial charge in [0.15, 0.2) is 0 Å². The van der Waals surface area contributed by atoms with Crippen LogP contribution in [0.2, 0.25) is 0 Å². The molecular weight excluding hydrogens is 697 g/mol. The number of allylic oxidation sites excluding steroid dienone is 4. The quantitative estimate of drug-likeness (QED) is 0.170. The fraction of sp³-hybridized carbons (Fsp3) is 0.333. The lowest BCUT2D eigenvalue weighted by atomic mass is 9.23. The fourth-order valence-corrected chi connectivity index (χ4v) is 14.4. The lowest BCUT2D eigenvalue weighted by Crippen LogP contribution is -2.70. The predicted octanol–water partition coefficient (Wildman–Crippen LogP) is 11.9. The molecule has 56 heavy (non-hydrogen) atoms. The topological polar surface area (TPSA) is 9.72 Å². The fourth-order valence-electron chi connectivity index (χ4n) is 12.4. The summed E-state index contributed by atoms with van der Waals surface area (Å²) in [5.41, 5.74) is 18.2. The van der Waals surface area contributed by atoms with Gasteiger partial charge >= 0.3 is 0 Å². The molecule has 2 unspecified atom stereocenters. The summed E-state index contributed by atoms with van der Waals surface area (Å²) in [7, 11) is 0. The zero-order chi connectivity index (χ0) is 38.4. The van der Waals surface area contributed by atoms with Crippen molar-refractivity contribution in [2.45, 2.75) is 113 Å². The van der Waals surface area contributed by atoms with Gasteiger partial charge in [-0.25, -0.2) is 0 Å². The second kappa shape index (κ2) is 11.7. The largest absolute Gasteiger partial charge is 0.361 e. The summed E-state index contributed by atoms with van der Waals surface area (Å²) < 4.78 is 0. The summed E-state index contributed by atoms with van der Waals surface area (Å²) >= 11 is 2.14. The molecule has 4 heterocycles. The number of fused-ring (bicyclic) bond motifs is 10. The van der Waals surface area contributed by atoms with Crippen LogP contribution in [0.3, 0.4) is 0 Å². The highest BCUT2D eigenvalue weighted by atomic mass is 32.2. The number of hydrogen-bond acceptors (Lipinski definition) is 4. The molecule has 0 radical (unpaired) electrons. The number of para-hydroxylation sites is 2. The third kappa shape index (κ3) is 4.50. The standard InChI is InChI=1S/C51H52BN3S/c1-48(2)29-18-30-49(3,4)55(48)35-31-42-45-43(32-35)54(34-21-12-9-13-22-34)47-51(7,52(45)40-25-16-17-26-41(40)53(42)33-19-10-8-11-20-33)39-28-27-37-36-23-14-15-24-38(36)50(5,6)44(37)46(39)56-47/h8-10,12-17,19,21-28,31-32,47H,11,18,20,29-30H2,1-7H3. The molecule has 2 atom stereocenters. The van der Waals surface area contributed by atoms with Crippen molar-refractivity contribution >= 4 is 57.8 Å². The molecule has 0 N–H and O–H groups in total. The summed E-state index contributed by atoms with van der Waals surface area (Å²) in [5.74, 6) is 0. The molecule has 0 bridgehead atoms. The minimum atomic E-state index is -0.230. The number of benzene rings is 5. The number of hydrogen-bond donors (Lipinski definition) is 0. The average Bonchev–Trinajstić information content (AvgIpc) is 3.61. The third-order valence-corrected chi connectivity index (χ3v) is 16.2. The van der Waals surface area contributed by atoms with E-state index in [1.54, 1.807) is 0 Å². The van der Waals surface area contributed by atoms with Crippen molar-refractivity contribution in [3.63, 3.8) is 0 Å². The zero-order valence-corrected chi connectivity index (χ0v) is 34.8. The molecule has 280 valence electrons. The Balaban J connectivity index is 1.25. The Hall–Kier alpha value is -4.61. The number of nitrogens with zero attached hydrogens (tertiary/aromatic N) is 3. The smallest absolute Gasteiger partial charge is 0.231 e. The van der Waals surface area contributed by atoms with Crippen LogP contribution >= 0.6 is 11.8 Å². The van der Waals surface area contributed by atoms with Gasteiger partial charge in [0.05, 0.1) is 5.37 Å². The van der Waals surface area contributed by atoms with E-state index in [2.05, 4.69) is 196 Å². The maximum absolute atomic E-state index is 2.79. The SMILES string of the molecule is CC1(C)c2ccccc2-c2ccc3c(c21)SC1N(c2ccccc2)c2cc(N4C(C)(C)CCCC4(C)C)cc4c2B(c2ccccc2N4C2=CC=CCC2)C31C. The Morgan fingerprint density at radius 3 is 2.16 bits per heavy atom. The molecule has 5 aromatic carbocycles. The van der Waals surface area contributed by atoms with Gasteiger partial charge in [-0.15, -0.1) is 0 Å². The highest BCUT2D eigenvalue weighted by Crippen LogP contribution is 2.64. The molecular formula is C51H52BN3S. The van der Waals surface area contributed by atoms with Gasteiger partial charge in [-0.05, 0) is 135 Å². The van der Waals surface area contributed by atoms with Crippen LogP contribution in [0.5, 0.6) is 0 Å². The average molecular weight is 750 g/mol. The summed E-state index contributed by atoms with van der Waals surface area (Å²) in [6.45, 7) is 17.6. The number of anilines is 5. The molecule has 3 nitrogen and oxygen atoms in total. The van der Waals surface area contributed by atoms with Crippen LogP contribution < -0.4 is 25.6 Å². The molecule has 0 saturated carbocycles. The maximum atomic E-state index is 2.79. The van der Waals surface area contributed by atoms with Gasteiger partial charge in [0.2, 0.25) is 6.71 Å². The third-order valence-electron chi connectivity index (χ3n) is 14.6. The second-order valence-corrected chi connectivity index (χ2v) is 20.2. The van der Waals surface area contributed by atoms with E-state index in [-0.39, 0.29) is 33.9 Å². The van der Waals surface area contributed by atoms with E-state index in [1.165, 1.54) is 97.0 Å². The molecule has 5 aromatic rings. The van der Waals surface area contributed by atoms with Crippen molar-refractivity contribution in [1.29, 1.82) is 0 Å². The van der Waals surface area contributed by atoms with Crippen LogP contribution in [0.1, 0.15) is 97.3 Å². The van der Waals surface area contributed by atoms with Gasteiger partial charge in [0.25, 0.3) is 0 Å². The Kier molecular flexibility index (Phi) is 7.25. The first-order valence-corrected chi connectivity index (χ1v) is 21.8. The first-order chi connectivity index (χ1) is 26.9. The van der Waals surface area contributed by atoms with Crippen molar-refractivity contribution in [3.05, 3.63) is 144 Å². The molecule has 0 aromatic heterocycles. The Bertz CT molecular complexity index is 2510. The Morgan fingerprint density at radius 2 is 1.39 bits per heavy atom. The maximum Gasteiger partial charge on any atom is 0.231 e. The minimum absolute atomic E-state index is 0.0204. The lowest BCUT2D eigenvalue weighted by Gasteiger charge is -2.57. The molecule has 1 fully saturated rings. The van der Waals surface area contributed by atoms with Gasteiger partial charge in [-0.2, -0.15) is 0 Å². The van der Waals surface area contributed by atoms with E-state index in [0.29, 0.717) is 0 Å². The van der Waals surface area contributed by atoms with Crippen LogP contribution in [0.4, 0.5) is 28.4 Å². The monoisotopic (exact) mass is 749 g/mol. The summed E-state index contributed by atoms with van der Waals surface area (Å²) in [4.78, 5) is 9.73. The number of thioether (sulfide) groups is 1. The van der Waals surface area contributed by atoms with Crippen LogP contribution in [0, 0.1) is 0 Å². The molecule has 2 aliphatic carbocycles. The van der Waals surface area contributed by atoms with Gasteiger partial charge in [-0.1, -0.05) is 117 Å². The molecule has 11 rings (SSSR count). The van der Waals surface area contributed by atoms with E-state index in [9.17, 15) is 0 Å². The molecule has 1 saturated heterocycles. The minimum Gasteiger partial charge on any atom is -0.361 e. The first kappa shape index (κ1) is 34.6. The van der Waals surface area contributed by atoms with E-state index < -0.39 is 0 Å². The molecule has 5 heteroatoms. The van der Waals surface area contributed by atoms with Gasteiger partial charge in [0.1, 0.15) is 0 Å². The summed E-state index contributed by atoms with van der Waals surface area (Å²) in [6, 6.07) is 40.1. The first-order valence-electron chi connectivity index (χ1n) is 20.9. The van der Waals surface area contributed by atoms with Crippen molar-refractivity contribution < 1.29 is 0 Å². The normalized spacial score (nSPS) is 24.1. The van der Waals surface area contributed by atoms with Crippen molar-refractivity contribution in [1.82, 2.24) is 0 Å². The highest BCUT2D eigenvalue weighted by molar-refractivity contribution is 8.00. The van der Waals surface area contributed by atoms with Crippen LogP contribution in [-0.2, 0) is 10.7 Å². The molecule has 0 amide bonds. The molecule has 4 aliphatic heterocycles. The predicted molar refractivity (Wildman–Crippen MR) is 241 cm³/mol. The van der Waals surface area contributed by atoms with Crippen molar-refractivity contribution in [2.75, 3.05) is 14.7 Å². The van der Waals surface area contributed by atoms with Crippen molar-refractivity contribution in [2.24, 2.45) is 0 Å². The number of piperidine rings is 1. The van der Waals surface area contributed by atoms with E-state index in [4.69, 9.17) is 0 Å². The zero-order valence-electron chi connectivity index (χ0n) is 34.0. The summed E-state index contributed by atoms with van der Waals surface area (Å²) in [6.07, 6.45) is 12.7. The van der Waals surface area contributed by atoms with E-state index in [1.807, 2.05) is 0 Å². The van der Waals surface area contributed by atoms with E-state index in [0.717, 1.165) is 12.8 Å². The highest BCUT2D eigenvalue weighted by Gasteiger charge is 2.62. The van der Waals surface area contributed by atoms with Gasteiger partial charge in [0, 0.05) is 60.8 Å². The van der Waals surface area contributed by atoms with E-state index >= 15 is 0 Å². The summed E-state index contributed by atoms with van der Waals surface area (Å²) in [5, 5.41) is -0.0866.